The molecule has 3 rings (SSSR count). The van der Waals surface area contributed by atoms with Crippen LogP contribution in [0.1, 0.15) is 37.1 Å². The van der Waals surface area contributed by atoms with Gasteiger partial charge in [-0.25, -0.2) is 0 Å². The molecule has 1 amide bonds. The summed E-state index contributed by atoms with van der Waals surface area (Å²) in [5.41, 5.74) is 2.10. The van der Waals surface area contributed by atoms with E-state index in [4.69, 9.17) is 0 Å². The third kappa shape index (κ3) is 2.76. The number of carbonyl (C=O) groups excluding carboxylic acids is 1. The molecule has 0 aromatic carbocycles. The van der Waals surface area contributed by atoms with Crippen LogP contribution in [0.5, 0.6) is 0 Å². The molecule has 1 N–H and O–H groups in total. The SMILES string of the molecule is CSC(C)c1ccc(N2CCCC3(CCNC3=O)C2)cn1. The van der Waals surface area contributed by atoms with E-state index in [1.807, 2.05) is 6.20 Å². The summed E-state index contributed by atoms with van der Waals surface area (Å²) in [6.07, 6.45) is 7.14. The molecular weight excluding hydrogens is 282 g/mol. The first-order valence-electron chi connectivity index (χ1n) is 7.67. The first-order chi connectivity index (χ1) is 10.1. The molecule has 4 nitrogen and oxygen atoms in total. The molecule has 21 heavy (non-hydrogen) atoms. The number of aromatic nitrogens is 1. The maximum absolute atomic E-state index is 12.2. The van der Waals surface area contributed by atoms with Gasteiger partial charge in [-0.15, -0.1) is 0 Å². The zero-order valence-electron chi connectivity index (χ0n) is 12.8. The van der Waals surface area contributed by atoms with E-state index in [0.717, 1.165) is 50.3 Å². The van der Waals surface area contributed by atoms with Crippen LogP contribution in [0.2, 0.25) is 0 Å². The van der Waals surface area contributed by atoms with Crippen molar-refractivity contribution in [3.8, 4) is 0 Å². The fourth-order valence-corrected chi connectivity index (χ4v) is 3.78. The minimum Gasteiger partial charge on any atom is -0.369 e. The summed E-state index contributed by atoms with van der Waals surface area (Å²) in [6.45, 7) is 4.85. The normalized spacial score (nSPS) is 27.0. The molecular formula is C16H23N3OS. The molecule has 2 aliphatic rings. The number of anilines is 1. The largest absolute Gasteiger partial charge is 0.369 e. The Hall–Kier alpha value is -1.23. The first-order valence-corrected chi connectivity index (χ1v) is 8.95. The summed E-state index contributed by atoms with van der Waals surface area (Å²) in [7, 11) is 0. The molecule has 1 spiro atoms. The molecule has 0 aliphatic carbocycles. The summed E-state index contributed by atoms with van der Waals surface area (Å²) in [5.74, 6) is 0.243. The summed E-state index contributed by atoms with van der Waals surface area (Å²) < 4.78 is 0. The number of rotatable bonds is 3. The first kappa shape index (κ1) is 14.7. The molecule has 2 saturated heterocycles. The molecule has 3 heterocycles. The van der Waals surface area contributed by atoms with Crippen molar-refractivity contribution < 1.29 is 4.79 Å². The average Bonchev–Trinajstić information content (AvgIpc) is 2.87. The smallest absolute Gasteiger partial charge is 0.228 e. The van der Waals surface area contributed by atoms with Gasteiger partial charge in [0.05, 0.1) is 23.0 Å². The second-order valence-electron chi connectivity index (χ2n) is 6.13. The van der Waals surface area contributed by atoms with Crippen molar-refractivity contribution in [2.45, 2.75) is 31.4 Å². The van der Waals surface area contributed by atoms with Gasteiger partial charge in [-0.3, -0.25) is 9.78 Å². The average molecular weight is 305 g/mol. The van der Waals surface area contributed by atoms with Crippen LogP contribution in [0.15, 0.2) is 18.3 Å². The molecule has 2 fully saturated rings. The minimum absolute atomic E-state index is 0.163. The van der Waals surface area contributed by atoms with Gasteiger partial charge in [0.15, 0.2) is 0 Å². The van der Waals surface area contributed by atoms with E-state index >= 15 is 0 Å². The highest BCUT2D eigenvalue weighted by molar-refractivity contribution is 7.98. The van der Waals surface area contributed by atoms with Crippen molar-refractivity contribution >= 4 is 23.4 Å². The van der Waals surface area contributed by atoms with Gasteiger partial charge in [0.1, 0.15) is 0 Å². The van der Waals surface area contributed by atoms with E-state index in [-0.39, 0.29) is 11.3 Å². The number of nitrogens with zero attached hydrogens (tertiary/aromatic N) is 2. The van der Waals surface area contributed by atoms with Crippen molar-refractivity contribution in [2.75, 3.05) is 30.8 Å². The molecule has 0 bridgehead atoms. The Bertz CT molecular complexity index is 519. The van der Waals surface area contributed by atoms with Crippen LogP contribution in [0.25, 0.3) is 0 Å². The van der Waals surface area contributed by atoms with Crippen LogP contribution < -0.4 is 10.2 Å². The van der Waals surface area contributed by atoms with Crippen LogP contribution in [0.4, 0.5) is 5.69 Å². The number of hydrogen-bond donors (Lipinski definition) is 1. The lowest BCUT2D eigenvalue weighted by Crippen LogP contribution is -2.47. The molecule has 114 valence electrons. The fourth-order valence-electron chi connectivity index (χ4n) is 3.40. The van der Waals surface area contributed by atoms with E-state index in [9.17, 15) is 4.79 Å². The quantitative estimate of drug-likeness (QED) is 0.932. The predicted molar refractivity (Wildman–Crippen MR) is 87.7 cm³/mol. The molecule has 0 saturated carbocycles. The van der Waals surface area contributed by atoms with E-state index < -0.39 is 0 Å². The number of hydrogen-bond acceptors (Lipinski definition) is 4. The zero-order chi connectivity index (χ0) is 14.9. The molecule has 1 aromatic rings. The lowest BCUT2D eigenvalue weighted by atomic mass is 9.78. The van der Waals surface area contributed by atoms with Gasteiger partial charge in [-0.05, 0) is 44.6 Å². The van der Waals surface area contributed by atoms with E-state index in [2.05, 4.69) is 40.5 Å². The Labute approximate surface area is 130 Å². The number of piperidine rings is 1. The number of nitrogens with one attached hydrogen (secondary N) is 1. The summed E-state index contributed by atoms with van der Waals surface area (Å²) in [5, 5.41) is 3.42. The zero-order valence-corrected chi connectivity index (χ0v) is 13.6. The maximum atomic E-state index is 12.2. The monoisotopic (exact) mass is 305 g/mol. The lowest BCUT2D eigenvalue weighted by Gasteiger charge is -2.39. The van der Waals surface area contributed by atoms with Gasteiger partial charge in [-0.2, -0.15) is 11.8 Å². The van der Waals surface area contributed by atoms with Gasteiger partial charge >= 0.3 is 0 Å². The number of carbonyl (C=O) groups is 1. The van der Waals surface area contributed by atoms with Crippen molar-refractivity contribution in [2.24, 2.45) is 5.41 Å². The van der Waals surface area contributed by atoms with E-state index in [1.54, 1.807) is 11.8 Å². The molecule has 5 heteroatoms. The highest BCUT2D eigenvalue weighted by atomic mass is 32.2. The van der Waals surface area contributed by atoms with E-state index in [0.29, 0.717) is 5.25 Å². The summed E-state index contributed by atoms with van der Waals surface area (Å²) in [4.78, 5) is 19.1. The Morgan fingerprint density at radius 1 is 1.43 bits per heavy atom. The van der Waals surface area contributed by atoms with Crippen molar-refractivity contribution in [1.29, 1.82) is 0 Å². The van der Waals surface area contributed by atoms with Gasteiger partial charge in [0.2, 0.25) is 5.91 Å². The second-order valence-corrected chi connectivity index (χ2v) is 7.31. The summed E-state index contributed by atoms with van der Waals surface area (Å²) in [6, 6.07) is 4.27. The Kier molecular flexibility index (Phi) is 4.11. The number of amides is 1. The molecule has 2 aliphatic heterocycles. The van der Waals surface area contributed by atoms with Crippen molar-refractivity contribution in [3.63, 3.8) is 0 Å². The predicted octanol–water partition coefficient (Wildman–Crippen LogP) is 2.61. The van der Waals surface area contributed by atoms with Gasteiger partial charge in [0.25, 0.3) is 0 Å². The molecule has 0 radical (unpaired) electrons. The number of thioether (sulfide) groups is 1. The van der Waals surface area contributed by atoms with Crippen LogP contribution in [0, 0.1) is 5.41 Å². The topological polar surface area (TPSA) is 45.2 Å². The minimum atomic E-state index is -0.163. The molecule has 2 unspecified atom stereocenters. The van der Waals surface area contributed by atoms with E-state index in [1.165, 1.54) is 0 Å². The highest BCUT2D eigenvalue weighted by Gasteiger charge is 2.45. The number of pyridine rings is 1. The van der Waals surface area contributed by atoms with Crippen LogP contribution >= 0.6 is 11.8 Å². The maximum Gasteiger partial charge on any atom is 0.228 e. The van der Waals surface area contributed by atoms with Crippen molar-refractivity contribution in [1.82, 2.24) is 10.3 Å². The Balaban J connectivity index is 1.76. The van der Waals surface area contributed by atoms with Crippen LogP contribution in [0.3, 0.4) is 0 Å². The van der Waals surface area contributed by atoms with Crippen LogP contribution in [-0.2, 0) is 4.79 Å². The molecule has 2 atom stereocenters. The highest BCUT2D eigenvalue weighted by Crippen LogP contribution is 2.38. The van der Waals surface area contributed by atoms with Gasteiger partial charge < -0.3 is 10.2 Å². The van der Waals surface area contributed by atoms with Crippen LogP contribution in [-0.4, -0.2) is 36.8 Å². The summed E-state index contributed by atoms with van der Waals surface area (Å²) >= 11 is 1.81. The Morgan fingerprint density at radius 2 is 2.29 bits per heavy atom. The van der Waals surface area contributed by atoms with Gasteiger partial charge in [0, 0.05) is 24.9 Å². The third-order valence-electron chi connectivity index (χ3n) is 4.85. The lowest BCUT2D eigenvalue weighted by molar-refractivity contribution is -0.128. The van der Waals surface area contributed by atoms with Crippen molar-refractivity contribution in [3.05, 3.63) is 24.0 Å². The molecule has 1 aromatic heterocycles. The Morgan fingerprint density at radius 3 is 2.90 bits per heavy atom. The fraction of sp³-hybridized carbons (Fsp3) is 0.625. The van der Waals surface area contributed by atoms with Gasteiger partial charge in [-0.1, -0.05) is 0 Å². The second kappa shape index (κ2) is 5.87. The standard InChI is InChI=1S/C16H23N3OS/c1-12(21-2)14-5-4-13(10-18-14)19-9-3-6-16(11-19)7-8-17-15(16)20/h4-5,10,12H,3,6-9,11H2,1-2H3,(H,17,20). The third-order valence-corrected chi connectivity index (χ3v) is 5.80.